The van der Waals surface area contributed by atoms with Gasteiger partial charge < -0.3 is 10.0 Å². The standard InChI is InChI=1S/C13H22BFN2O3S/c1-6-17(21(20)13(3,4)5)9(2)12-11(15)10(14(18)19)7-8-16-12/h7-9,18-19H,6H2,1-5H3. The molecule has 0 aliphatic rings. The summed E-state index contributed by atoms with van der Waals surface area (Å²) in [5, 5.41) is 18.3. The lowest BCUT2D eigenvalue weighted by Crippen LogP contribution is -2.41. The summed E-state index contributed by atoms with van der Waals surface area (Å²) in [6.07, 6.45) is 1.32. The highest BCUT2D eigenvalue weighted by Gasteiger charge is 2.32. The van der Waals surface area contributed by atoms with Crippen LogP contribution in [0.4, 0.5) is 4.39 Å². The van der Waals surface area contributed by atoms with Crippen molar-refractivity contribution in [1.29, 1.82) is 0 Å². The van der Waals surface area contributed by atoms with Gasteiger partial charge in [-0.3, -0.25) is 4.98 Å². The largest absolute Gasteiger partial charge is 0.491 e. The van der Waals surface area contributed by atoms with E-state index in [1.54, 1.807) is 11.2 Å². The van der Waals surface area contributed by atoms with Crippen molar-refractivity contribution in [2.24, 2.45) is 0 Å². The van der Waals surface area contributed by atoms with Gasteiger partial charge in [-0.15, -0.1) is 0 Å². The van der Waals surface area contributed by atoms with E-state index in [0.29, 0.717) is 6.54 Å². The van der Waals surface area contributed by atoms with Crippen LogP contribution >= 0.6 is 0 Å². The zero-order chi connectivity index (χ0) is 16.4. The van der Waals surface area contributed by atoms with Crippen molar-refractivity contribution < 1.29 is 18.6 Å². The summed E-state index contributed by atoms with van der Waals surface area (Å²) in [5.41, 5.74) is -0.176. The number of nitrogens with zero attached hydrogens (tertiary/aromatic N) is 2. The summed E-state index contributed by atoms with van der Waals surface area (Å²) >= 11 is 0. The Labute approximate surface area is 127 Å². The molecule has 2 N–H and O–H groups in total. The van der Waals surface area contributed by atoms with E-state index >= 15 is 0 Å². The third-order valence-corrected chi connectivity index (χ3v) is 5.15. The molecule has 2 atom stereocenters. The molecule has 1 aromatic rings. The SMILES string of the molecule is CCN(C(C)c1nccc(B(O)O)c1F)S(=O)C(C)(C)C. The number of aromatic nitrogens is 1. The first kappa shape index (κ1) is 18.2. The number of hydrogen-bond donors (Lipinski definition) is 2. The molecule has 1 heterocycles. The minimum atomic E-state index is -1.90. The molecule has 2 unspecified atom stereocenters. The Bertz CT molecular complexity index is 523. The molecule has 0 amide bonds. The van der Waals surface area contributed by atoms with E-state index in [2.05, 4.69) is 4.98 Å². The molecule has 0 saturated carbocycles. The van der Waals surface area contributed by atoms with Gasteiger partial charge in [-0.25, -0.2) is 12.9 Å². The fraction of sp³-hybridized carbons (Fsp3) is 0.615. The molecular formula is C13H22BFN2O3S. The maximum atomic E-state index is 14.3. The highest BCUT2D eigenvalue weighted by Crippen LogP contribution is 2.26. The second-order valence-electron chi connectivity index (χ2n) is 5.74. The van der Waals surface area contributed by atoms with Crippen LogP contribution in [0.25, 0.3) is 0 Å². The fourth-order valence-electron chi connectivity index (χ4n) is 1.99. The summed E-state index contributed by atoms with van der Waals surface area (Å²) in [7, 11) is -3.23. The zero-order valence-corrected chi connectivity index (χ0v) is 13.8. The third kappa shape index (κ3) is 4.09. The topological polar surface area (TPSA) is 73.7 Å². The Balaban J connectivity index is 3.21. The van der Waals surface area contributed by atoms with E-state index in [0.717, 1.165) is 0 Å². The van der Waals surface area contributed by atoms with E-state index < -0.39 is 34.7 Å². The monoisotopic (exact) mass is 316 g/mol. The molecule has 0 saturated heterocycles. The number of rotatable bonds is 5. The molecule has 0 spiro atoms. The quantitative estimate of drug-likeness (QED) is 0.786. The van der Waals surface area contributed by atoms with Gasteiger partial charge in [-0.2, -0.15) is 0 Å². The van der Waals surface area contributed by atoms with Crippen molar-refractivity contribution in [2.75, 3.05) is 6.54 Å². The first-order chi connectivity index (χ1) is 9.61. The van der Waals surface area contributed by atoms with Crippen LogP contribution in [0.5, 0.6) is 0 Å². The van der Waals surface area contributed by atoms with Crippen LogP contribution in [0.1, 0.15) is 46.4 Å². The van der Waals surface area contributed by atoms with Gasteiger partial charge >= 0.3 is 7.12 Å². The summed E-state index contributed by atoms with van der Waals surface area (Å²) in [6, 6.07) is 0.668. The molecule has 0 radical (unpaired) electrons. The predicted octanol–water partition coefficient (Wildman–Crippen LogP) is 0.746. The Hall–Kier alpha value is -0.825. The summed E-state index contributed by atoms with van der Waals surface area (Å²) in [4.78, 5) is 3.98. The Kier molecular flexibility index (Phi) is 6.04. The van der Waals surface area contributed by atoms with Gasteiger partial charge in [-0.05, 0) is 33.8 Å². The molecule has 0 bridgehead atoms. The van der Waals surface area contributed by atoms with Crippen molar-refractivity contribution in [3.8, 4) is 0 Å². The van der Waals surface area contributed by atoms with E-state index in [4.69, 9.17) is 10.0 Å². The first-order valence-electron chi connectivity index (χ1n) is 6.80. The fourth-order valence-corrected chi connectivity index (χ4v) is 3.31. The highest BCUT2D eigenvalue weighted by molar-refractivity contribution is 7.84. The molecule has 0 aromatic carbocycles. The van der Waals surface area contributed by atoms with Crippen LogP contribution in [0.2, 0.25) is 0 Å². The Morgan fingerprint density at radius 1 is 1.48 bits per heavy atom. The summed E-state index contributed by atoms with van der Waals surface area (Å²) in [6.45, 7) is 9.52. The molecule has 0 fully saturated rings. The van der Waals surface area contributed by atoms with Crippen LogP contribution in [0.15, 0.2) is 12.3 Å². The number of halogens is 1. The second-order valence-corrected chi connectivity index (χ2v) is 7.94. The Morgan fingerprint density at radius 3 is 2.48 bits per heavy atom. The molecular weight excluding hydrogens is 294 g/mol. The van der Waals surface area contributed by atoms with Crippen molar-refractivity contribution in [1.82, 2.24) is 9.29 Å². The van der Waals surface area contributed by atoms with Gasteiger partial charge in [0.1, 0.15) is 16.8 Å². The van der Waals surface area contributed by atoms with E-state index in [1.807, 2.05) is 27.7 Å². The van der Waals surface area contributed by atoms with E-state index in [-0.39, 0.29) is 11.2 Å². The molecule has 1 rings (SSSR count). The lowest BCUT2D eigenvalue weighted by atomic mass is 9.79. The van der Waals surface area contributed by atoms with Crippen molar-refractivity contribution in [3.63, 3.8) is 0 Å². The summed E-state index contributed by atoms with van der Waals surface area (Å²) in [5.74, 6) is -0.774. The van der Waals surface area contributed by atoms with Crippen LogP contribution in [-0.4, -0.2) is 42.0 Å². The maximum absolute atomic E-state index is 14.3. The molecule has 0 aliphatic carbocycles. The van der Waals surface area contributed by atoms with Gasteiger partial charge in [0.05, 0.1) is 16.5 Å². The third-order valence-electron chi connectivity index (χ3n) is 3.10. The average Bonchev–Trinajstić information content (AvgIpc) is 2.38. The number of hydrogen-bond acceptors (Lipinski definition) is 4. The molecule has 118 valence electrons. The smallest absolute Gasteiger partial charge is 0.423 e. The van der Waals surface area contributed by atoms with Crippen LogP contribution < -0.4 is 5.46 Å². The molecule has 1 aromatic heterocycles. The van der Waals surface area contributed by atoms with Gasteiger partial charge in [-0.1, -0.05) is 6.92 Å². The lowest BCUT2D eigenvalue weighted by Gasteiger charge is -2.32. The first-order valence-corrected chi connectivity index (χ1v) is 7.91. The minimum Gasteiger partial charge on any atom is -0.423 e. The highest BCUT2D eigenvalue weighted by atomic mass is 32.2. The Morgan fingerprint density at radius 2 is 2.05 bits per heavy atom. The lowest BCUT2D eigenvalue weighted by molar-refractivity contribution is 0.355. The molecule has 8 heteroatoms. The van der Waals surface area contributed by atoms with Crippen LogP contribution in [0, 0.1) is 5.82 Å². The normalized spacial score (nSPS) is 15.1. The van der Waals surface area contributed by atoms with Gasteiger partial charge in [0.15, 0.2) is 0 Å². The second kappa shape index (κ2) is 6.96. The van der Waals surface area contributed by atoms with Gasteiger partial charge in [0.2, 0.25) is 0 Å². The van der Waals surface area contributed by atoms with Crippen LogP contribution in [-0.2, 0) is 11.0 Å². The minimum absolute atomic E-state index is 0.0556. The maximum Gasteiger partial charge on any atom is 0.491 e. The summed E-state index contributed by atoms with van der Waals surface area (Å²) < 4.78 is 28.0. The molecule has 21 heavy (non-hydrogen) atoms. The average molecular weight is 316 g/mol. The van der Waals surface area contributed by atoms with Crippen molar-refractivity contribution >= 4 is 23.6 Å². The van der Waals surface area contributed by atoms with Gasteiger partial charge in [0.25, 0.3) is 0 Å². The van der Waals surface area contributed by atoms with Crippen LogP contribution in [0.3, 0.4) is 0 Å². The predicted molar refractivity (Wildman–Crippen MR) is 82.7 cm³/mol. The van der Waals surface area contributed by atoms with Crippen molar-refractivity contribution in [3.05, 3.63) is 23.8 Å². The molecule has 0 aliphatic heterocycles. The molecule has 5 nitrogen and oxygen atoms in total. The zero-order valence-electron chi connectivity index (χ0n) is 13.0. The number of pyridine rings is 1. The van der Waals surface area contributed by atoms with E-state index in [9.17, 15) is 8.60 Å². The van der Waals surface area contributed by atoms with Gasteiger partial charge in [0, 0.05) is 18.2 Å². The van der Waals surface area contributed by atoms with E-state index in [1.165, 1.54) is 12.3 Å². The van der Waals surface area contributed by atoms with Crippen molar-refractivity contribution in [2.45, 2.75) is 45.4 Å².